The van der Waals surface area contributed by atoms with Crippen LogP contribution in [-0.2, 0) is 0 Å². The third-order valence-electron chi connectivity index (χ3n) is 3.52. The molecule has 0 radical (unpaired) electrons. The Balaban J connectivity index is 1.89. The second kappa shape index (κ2) is 6.17. The van der Waals surface area contributed by atoms with Crippen LogP contribution < -0.4 is 5.32 Å². The zero-order valence-electron chi connectivity index (χ0n) is 12.3. The van der Waals surface area contributed by atoms with Crippen LogP contribution in [0.2, 0.25) is 0 Å². The normalized spacial score (nSPS) is 12.5. The molecule has 3 aromatic rings. The minimum atomic E-state index is -0.784. The summed E-state index contributed by atoms with van der Waals surface area (Å²) in [5.74, 6) is 0.598. The largest absolute Gasteiger partial charge is 0.436 e. The Morgan fingerprint density at radius 1 is 1.23 bits per heavy atom. The molecule has 3 rings (SSSR count). The first-order valence-corrected chi connectivity index (χ1v) is 7.17. The number of fused-ring (bicyclic) bond motifs is 1. The van der Waals surface area contributed by atoms with Crippen LogP contribution in [0.3, 0.4) is 0 Å². The number of aliphatic hydroxyl groups excluding tert-OH is 2. The zero-order valence-corrected chi connectivity index (χ0v) is 12.3. The van der Waals surface area contributed by atoms with Crippen molar-refractivity contribution in [3.63, 3.8) is 0 Å². The van der Waals surface area contributed by atoms with Gasteiger partial charge >= 0.3 is 0 Å². The van der Waals surface area contributed by atoms with Crippen molar-refractivity contribution < 1.29 is 14.6 Å². The first kappa shape index (κ1) is 14.6. The molecule has 1 unspecified atom stereocenters. The predicted molar refractivity (Wildman–Crippen MR) is 85.8 cm³/mol. The van der Waals surface area contributed by atoms with E-state index in [1.54, 1.807) is 0 Å². The number of anilines is 1. The van der Waals surface area contributed by atoms with Crippen molar-refractivity contribution in [2.24, 2.45) is 0 Å². The maximum Gasteiger partial charge on any atom is 0.227 e. The van der Waals surface area contributed by atoms with Crippen molar-refractivity contribution in [2.75, 3.05) is 18.5 Å². The van der Waals surface area contributed by atoms with E-state index in [0.29, 0.717) is 11.5 Å². The molecular formula is C17H18N2O3. The molecule has 0 aliphatic carbocycles. The maximum atomic E-state index is 9.37. The molecule has 0 fully saturated rings. The van der Waals surface area contributed by atoms with E-state index >= 15 is 0 Å². The van der Waals surface area contributed by atoms with Crippen LogP contribution in [-0.4, -0.2) is 34.5 Å². The molecule has 0 spiro atoms. The highest BCUT2D eigenvalue weighted by molar-refractivity contribution is 5.80. The molecule has 1 aromatic heterocycles. The van der Waals surface area contributed by atoms with Gasteiger partial charge in [-0.15, -0.1) is 0 Å². The molecule has 3 N–H and O–H groups in total. The molecule has 0 saturated carbocycles. The van der Waals surface area contributed by atoms with E-state index in [4.69, 9.17) is 9.52 Å². The van der Waals surface area contributed by atoms with Gasteiger partial charge in [-0.1, -0.05) is 18.2 Å². The Hall–Kier alpha value is -2.37. The van der Waals surface area contributed by atoms with E-state index < -0.39 is 6.10 Å². The third kappa shape index (κ3) is 2.95. The van der Waals surface area contributed by atoms with Crippen molar-refractivity contribution >= 4 is 16.8 Å². The fraction of sp³-hybridized carbons (Fsp3) is 0.235. The molecule has 0 bridgehead atoms. The lowest BCUT2D eigenvalue weighted by Crippen LogP contribution is -2.22. The highest BCUT2D eigenvalue weighted by atomic mass is 16.3. The molecule has 0 saturated heterocycles. The number of nitrogens with zero attached hydrogens (tertiary/aromatic N) is 1. The summed E-state index contributed by atoms with van der Waals surface area (Å²) in [6.07, 6.45) is -0.784. The van der Waals surface area contributed by atoms with Crippen molar-refractivity contribution in [1.29, 1.82) is 0 Å². The average Bonchev–Trinajstić information content (AvgIpc) is 2.95. The number of aliphatic hydroxyl groups is 2. The third-order valence-corrected chi connectivity index (χ3v) is 3.52. The SMILES string of the molecule is Cc1ccccc1-c1nc2ccc(NCC(O)CO)cc2o1. The van der Waals surface area contributed by atoms with Crippen LogP contribution in [0.15, 0.2) is 46.9 Å². The van der Waals surface area contributed by atoms with Gasteiger partial charge in [-0.05, 0) is 30.7 Å². The summed E-state index contributed by atoms with van der Waals surface area (Å²) in [4.78, 5) is 4.51. The summed E-state index contributed by atoms with van der Waals surface area (Å²) in [5.41, 5.74) is 4.36. The molecule has 1 atom stereocenters. The van der Waals surface area contributed by atoms with Crippen molar-refractivity contribution in [3.05, 3.63) is 48.0 Å². The molecule has 22 heavy (non-hydrogen) atoms. The number of oxazole rings is 1. The number of benzene rings is 2. The second-order valence-corrected chi connectivity index (χ2v) is 5.23. The smallest absolute Gasteiger partial charge is 0.227 e. The Labute approximate surface area is 128 Å². The second-order valence-electron chi connectivity index (χ2n) is 5.23. The van der Waals surface area contributed by atoms with Gasteiger partial charge in [0, 0.05) is 23.9 Å². The van der Waals surface area contributed by atoms with Gasteiger partial charge in [0.2, 0.25) is 5.89 Å². The molecule has 5 heteroatoms. The standard InChI is InChI=1S/C17H18N2O3/c1-11-4-2-3-5-14(11)17-19-15-7-6-12(8-16(15)22-17)18-9-13(21)10-20/h2-8,13,18,20-21H,9-10H2,1H3. The van der Waals surface area contributed by atoms with Gasteiger partial charge in [0.05, 0.1) is 12.7 Å². The summed E-state index contributed by atoms with van der Waals surface area (Å²) in [6.45, 7) is 2.03. The van der Waals surface area contributed by atoms with Gasteiger partial charge < -0.3 is 19.9 Å². The molecular weight excluding hydrogens is 280 g/mol. The van der Waals surface area contributed by atoms with E-state index in [9.17, 15) is 5.11 Å². The first-order valence-electron chi connectivity index (χ1n) is 7.17. The summed E-state index contributed by atoms with van der Waals surface area (Å²) in [7, 11) is 0. The maximum absolute atomic E-state index is 9.37. The zero-order chi connectivity index (χ0) is 15.5. The number of rotatable bonds is 5. The number of hydrogen-bond donors (Lipinski definition) is 3. The lowest BCUT2D eigenvalue weighted by atomic mass is 10.1. The number of hydrogen-bond acceptors (Lipinski definition) is 5. The fourth-order valence-electron chi connectivity index (χ4n) is 2.26. The van der Waals surface area contributed by atoms with Gasteiger partial charge in [-0.3, -0.25) is 0 Å². The lowest BCUT2D eigenvalue weighted by molar-refractivity contribution is 0.105. The number of nitrogens with one attached hydrogen (secondary N) is 1. The van der Waals surface area contributed by atoms with Crippen molar-refractivity contribution in [3.8, 4) is 11.5 Å². The summed E-state index contributed by atoms with van der Waals surface area (Å²) in [5, 5.41) is 21.2. The molecule has 0 amide bonds. The molecule has 114 valence electrons. The van der Waals surface area contributed by atoms with Gasteiger partial charge in [-0.2, -0.15) is 0 Å². The summed E-state index contributed by atoms with van der Waals surface area (Å²) >= 11 is 0. The Kier molecular flexibility index (Phi) is 4.09. The number of aryl methyl sites for hydroxylation is 1. The van der Waals surface area contributed by atoms with Gasteiger partial charge in [0.15, 0.2) is 5.58 Å². The van der Waals surface area contributed by atoms with Crippen molar-refractivity contribution in [1.82, 2.24) is 4.98 Å². The van der Waals surface area contributed by atoms with E-state index in [0.717, 1.165) is 22.3 Å². The van der Waals surface area contributed by atoms with Gasteiger partial charge in [0.25, 0.3) is 0 Å². The highest BCUT2D eigenvalue weighted by Crippen LogP contribution is 2.28. The first-order chi connectivity index (χ1) is 10.7. The van der Waals surface area contributed by atoms with Gasteiger partial charge in [0.1, 0.15) is 5.52 Å². The van der Waals surface area contributed by atoms with E-state index in [1.165, 1.54) is 0 Å². The van der Waals surface area contributed by atoms with E-state index in [1.807, 2.05) is 49.4 Å². The minimum absolute atomic E-state index is 0.269. The Morgan fingerprint density at radius 2 is 2.05 bits per heavy atom. The molecule has 0 aliphatic heterocycles. The Bertz CT molecular complexity index is 782. The van der Waals surface area contributed by atoms with E-state index in [-0.39, 0.29) is 13.2 Å². The average molecular weight is 298 g/mol. The predicted octanol–water partition coefficient (Wildman–Crippen LogP) is 2.57. The van der Waals surface area contributed by atoms with Crippen LogP contribution in [0.5, 0.6) is 0 Å². The monoisotopic (exact) mass is 298 g/mol. The highest BCUT2D eigenvalue weighted by Gasteiger charge is 2.11. The summed E-state index contributed by atoms with van der Waals surface area (Å²) < 4.78 is 5.85. The fourth-order valence-corrected chi connectivity index (χ4v) is 2.26. The molecule has 1 heterocycles. The minimum Gasteiger partial charge on any atom is -0.436 e. The molecule has 0 aliphatic rings. The topological polar surface area (TPSA) is 78.5 Å². The van der Waals surface area contributed by atoms with E-state index in [2.05, 4.69) is 10.3 Å². The molecule has 2 aromatic carbocycles. The quantitative estimate of drug-likeness (QED) is 0.674. The van der Waals surface area contributed by atoms with Crippen LogP contribution in [0, 0.1) is 6.92 Å². The van der Waals surface area contributed by atoms with Crippen molar-refractivity contribution in [2.45, 2.75) is 13.0 Å². The van der Waals surface area contributed by atoms with Gasteiger partial charge in [-0.25, -0.2) is 4.98 Å². The van der Waals surface area contributed by atoms with Crippen LogP contribution >= 0.6 is 0 Å². The lowest BCUT2D eigenvalue weighted by Gasteiger charge is -2.09. The Morgan fingerprint density at radius 3 is 2.82 bits per heavy atom. The van der Waals surface area contributed by atoms with Crippen LogP contribution in [0.25, 0.3) is 22.6 Å². The molecule has 5 nitrogen and oxygen atoms in total. The summed E-state index contributed by atoms with van der Waals surface area (Å²) in [6, 6.07) is 13.5. The number of aromatic nitrogens is 1. The van der Waals surface area contributed by atoms with Crippen LogP contribution in [0.1, 0.15) is 5.56 Å². The van der Waals surface area contributed by atoms with Crippen LogP contribution in [0.4, 0.5) is 5.69 Å².